The summed E-state index contributed by atoms with van der Waals surface area (Å²) in [4.78, 5) is 32.3. The average molecular weight is 468 g/mol. The molecule has 2 aromatic carbocycles. The van der Waals surface area contributed by atoms with Crippen LogP contribution in [-0.2, 0) is 17.7 Å². The summed E-state index contributed by atoms with van der Waals surface area (Å²) in [6, 6.07) is 13.7. The molecular weight excluding hydrogens is 449 g/mol. The minimum absolute atomic E-state index is 0.0229. The molecule has 9 heteroatoms. The Morgan fingerprint density at radius 1 is 1.12 bits per heavy atom. The second kappa shape index (κ2) is 8.33. The Balaban J connectivity index is 1.59. The molecule has 0 unspecified atom stereocenters. The van der Waals surface area contributed by atoms with E-state index < -0.39 is 11.7 Å². The minimum Gasteiger partial charge on any atom is -0.453 e. The first-order valence-electron chi connectivity index (χ1n) is 9.94. The van der Waals surface area contributed by atoms with Crippen molar-refractivity contribution in [2.24, 2.45) is 0 Å². The van der Waals surface area contributed by atoms with E-state index in [2.05, 4.69) is 5.32 Å². The van der Waals surface area contributed by atoms with Crippen LogP contribution in [0.25, 0.3) is 20.8 Å². The molecule has 4 aromatic rings. The van der Waals surface area contributed by atoms with Crippen LogP contribution in [-0.4, -0.2) is 35.5 Å². The molecule has 0 aliphatic carbocycles. The predicted octanol–water partition coefficient (Wildman–Crippen LogP) is 5.54. The largest absolute Gasteiger partial charge is 0.453 e. The Labute approximate surface area is 191 Å². The second-order valence-corrected chi connectivity index (χ2v) is 9.41. The van der Waals surface area contributed by atoms with Crippen LogP contribution in [0.1, 0.15) is 20.8 Å². The first kappa shape index (κ1) is 20.6. The minimum atomic E-state index is -0.579. The lowest BCUT2D eigenvalue weighted by Gasteiger charge is -2.25. The molecule has 1 N–H and O–H groups in total. The third kappa shape index (κ3) is 3.63. The number of amides is 2. The summed E-state index contributed by atoms with van der Waals surface area (Å²) in [6.45, 7) is 0.898. The second-order valence-electron chi connectivity index (χ2n) is 7.27. The molecule has 0 radical (unpaired) electrons. The highest BCUT2D eigenvalue weighted by molar-refractivity contribution is 7.23. The lowest BCUT2D eigenvalue weighted by Crippen LogP contribution is -2.35. The maximum Gasteiger partial charge on any atom is 0.409 e. The maximum absolute atomic E-state index is 14.2. The molecule has 0 fully saturated rings. The molecule has 162 valence electrons. The van der Waals surface area contributed by atoms with Gasteiger partial charge in [0.25, 0.3) is 5.91 Å². The molecule has 0 atom stereocenters. The number of hydrogen-bond acceptors (Lipinski definition) is 6. The van der Waals surface area contributed by atoms with Gasteiger partial charge in [-0.25, -0.2) is 14.2 Å². The van der Waals surface area contributed by atoms with Gasteiger partial charge < -0.3 is 15.0 Å². The number of ether oxygens (including phenoxy) is 1. The van der Waals surface area contributed by atoms with Crippen molar-refractivity contribution in [3.8, 4) is 10.6 Å². The van der Waals surface area contributed by atoms with Crippen molar-refractivity contribution in [2.75, 3.05) is 19.0 Å². The van der Waals surface area contributed by atoms with Gasteiger partial charge in [-0.3, -0.25) is 4.79 Å². The maximum atomic E-state index is 14.2. The van der Waals surface area contributed by atoms with E-state index in [9.17, 15) is 14.0 Å². The number of para-hydroxylation sites is 1. The van der Waals surface area contributed by atoms with E-state index in [1.54, 1.807) is 28.4 Å². The zero-order chi connectivity index (χ0) is 22.2. The fraction of sp³-hybridized carbons (Fsp3) is 0.174. The first-order chi connectivity index (χ1) is 15.5. The van der Waals surface area contributed by atoms with Gasteiger partial charge in [0.2, 0.25) is 0 Å². The number of hydrogen-bond donors (Lipinski definition) is 1. The number of thiophene rings is 1. The van der Waals surface area contributed by atoms with Crippen LogP contribution >= 0.6 is 22.7 Å². The van der Waals surface area contributed by atoms with Crippen molar-refractivity contribution in [3.05, 3.63) is 70.4 Å². The van der Waals surface area contributed by atoms with Gasteiger partial charge in [0, 0.05) is 17.0 Å². The molecule has 0 bridgehead atoms. The molecule has 2 amide bonds. The zero-order valence-corrected chi connectivity index (χ0v) is 18.7. The van der Waals surface area contributed by atoms with E-state index in [1.165, 1.54) is 30.6 Å². The molecule has 0 saturated heterocycles. The predicted molar refractivity (Wildman–Crippen MR) is 124 cm³/mol. The van der Waals surface area contributed by atoms with Crippen molar-refractivity contribution >= 4 is 49.9 Å². The van der Waals surface area contributed by atoms with Crippen LogP contribution in [0.3, 0.4) is 0 Å². The number of nitrogens with one attached hydrogen (secondary N) is 1. The van der Waals surface area contributed by atoms with E-state index >= 15 is 0 Å². The number of fused-ring (bicyclic) bond motifs is 2. The monoisotopic (exact) mass is 467 g/mol. The summed E-state index contributed by atoms with van der Waals surface area (Å²) in [5.41, 5.74) is 2.76. The molecule has 6 nitrogen and oxygen atoms in total. The van der Waals surface area contributed by atoms with E-state index in [-0.39, 0.29) is 11.7 Å². The summed E-state index contributed by atoms with van der Waals surface area (Å²) in [6.07, 6.45) is 0.226. The van der Waals surface area contributed by atoms with Gasteiger partial charge in [-0.1, -0.05) is 24.3 Å². The van der Waals surface area contributed by atoms with Crippen molar-refractivity contribution in [2.45, 2.75) is 13.0 Å². The van der Waals surface area contributed by atoms with Crippen LogP contribution in [0.4, 0.5) is 14.2 Å². The topological polar surface area (TPSA) is 71.5 Å². The van der Waals surface area contributed by atoms with Crippen LogP contribution < -0.4 is 5.32 Å². The van der Waals surface area contributed by atoms with Crippen LogP contribution in [0.5, 0.6) is 0 Å². The molecular formula is C23H18FN3O3S2. The van der Waals surface area contributed by atoms with E-state index in [0.717, 1.165) is 31.2 Å². The molecule has 2 aromatic heterocycles. The Bertz CT molecular complexity index is 1310. The Morgan fingerprint density at radius 2 is 1.91 bits per heavy atom. The number of nitrogens with zero attached hydrogens (tertiary/aromatic N) is 2. The zero-order valence-electron chi connectivity index (χ0n) is 17.1. The van der Waals surface area contributed by atoms with Gasteiger partial charge in [-0.15, -0.1) is 22.7 Å². The Hall–Kier alpha value is -3.30. The number of aromatic nitrogens is 1. The van der Waals surface area contributed by atoms with E-state index in [1.807, 2.05) is 24.3 Å². The summed E-state index contributed by atoms with van der Waals surface area (Å²) in [7, 11) is 1.36. The standard InChI is InChI=1S/C23H18FN3O3S2/c1-30-23(29)27-11-10-14-18(12-27)32-22(26-20(28)13-6-2-3-7-15(13)24)19(14)21-25-16-8-4-5-9-17(16)31-21/h2-9H,10-12H2,1H3,(H,26,28). The summed E-state index contributed by atoms with van der Waals surface area (Å²) >= 11 is 2.93. The normalized spacial score (nSPS) is 13.1. The van der Waals surface area contributed by atoms with Gasteiger partial charge in [-0.2, -0.15) is 0 Å². The third-order valence-corrected chi connectivity index (χ3v) is 7.53. The van der Waals surface area contributed by atoms with Crippen molar-refractivity contribution in [1.29, 1.82) is 0 Å². The molecule has 0 saturated carbocycles. The molecule has 1 aliphatic rings. The summed E-state index contributed by atoms with van der Waals surface area (Å²) in [5.74, 6) is -1.10. The number of benzene rings is 2. The van der Waals surface area contributed by atoms with Crippen molar-refractivity contribution in [1.82, 2.24) is 9.88 Å². The number of thiazole rings is 1. The highest BCUT2D eigenvalue weighted by atomic mass is 32.1. The number of rotatable bonds is 3. The quantitative estimate of drug-likeness (QED) is 0.429. The summed E-state index contributed by atoms with van der Waals surface area (Å²) in [5, 5.41) is 4.29. The van der Waals surface area contributed by atoms with Crippen molar-refractivity contribution in [3.63, 3.8) is 0 Å². The van der Waals surface area contributed by atoms with Gasteiger partial charge in [0.05, 0.1) is 29.4 Å². The van der Waals surface area contributed by atoms with Crippen molar-refractivity contribution < 1.29 is 18.7 Å². The van der Waals surface area contributed by atoms with Gasteiger partial charge in [0.1, 0.15) is 15.8 Å². The number of halogens is 1. The Morgan fingerprint density at radius 3 is 2.69 bits per heavy atom. The number of methoxy groups -OCH3 is 1. The molecule has 32 heavy (non-hydrogen) atoms. The van der Waals surface area contributed by atoms with Gasteiger partial charge in [-0.05, 0) is 36.2 Å². The number of carbonyl (C=O) groups is 2. The highest BCUT2D eigenvalue weighted by Crippen LogP contribution is 2.45. The van der Waals surface area contributed by atoms with E-state index in [4.69, 9.17) is 9.72 Å². The van der Waals surface area contributed by atoms with E-state index in [0.29, 0.717) is 24.5 Å². The van der Waals surface area contributed by atoms with Crippen LogP contribution in [0, 0.1) is 5.82 Å². The molecule has 1 aliphatic heterocycles. The fourth-order valence-electron chi connectivity index (χ4n) is 3.80. The first-order valence-corrected chi connectivity index (χ1v) is 11.6. The Kier molecular flexibility index (Phi) is 5.36. The lowest BCUT2D eigenvalue weighted by atomic mass is 10.0. The van der Waals surface area contributed by atoms with Crippen LogP contribution in [0.15, 0.2) is 48.5 Å². The molecule has 5 rings (SSSR count). The average Bonchev–Trinajstić information content (AvgIpc) is 3.38. The smallest absolute Gasteiger partial charge is 0.409 e. The number of carbonyl (C=O) groups excluding carboxylic acids is 2. The summed E-state index contributed by atoms with van der Waals surface area (Å²) < 4.78 is 20.1. The lowest BCUT2D eigenvalue weighted by molar-refractivity contribution is 0.102. The number of anilines is 1. The highest BCUT2D eigenvalue weighted by Gasteiger charge is 2.30. The van der Waals surface area contributed by atoms with Gasteiger partial charge >= 0.3 is 6.09 Å². The van der Waals surface area contributed by atoms with Crippen LogP contribution in [0.2, 0.25) is 0 Å². The van der Waals surface area contributed by atoms with Gasteiger partial charge in [0.15, 0.2) is 0 Å². The third-order valence-electron chi connectivity index (χ3n) is 5.34. The molecule has 0 spiro atoms. The fourth-order valence-corrected chi connectivity index (χ4v) is 6.17. The molecule has 3 heterocycles. The SMILES string of the molecule is COC(=O)N1CCc2c(sc(NC(=O)c3ccccc3F)c2-c2nc3ccccc3s2)C1.